The van der Waals surface area contributed by atoms with E-state index in [0.29, 0.717) is 45.9 Å². The van der Waals surface area contributed by atoms with E-state index in [1.165, 1.54) is 33.8 Å². The molecule has 2 aromatic carbocycles. The summed E-state index contributed by atoms with van der Waals surface area (Å²) in [5.41, 5.74) is 4.64. The maximum absolute atomic E-state index is 13.2. The van der Waals surface area contributed by atoms with Gasteiger partial charge in [0.15, 0.2) is 0 Å². The second-order valence-corrected chi connectivity index (χ2v) is 20.8. The lowest BCUT2D eigenvalue weighted by molar-refractivity contribution is -0.118. The first-order chi connectivity index (χ1) is 30.8. The third kappa shape index (κ3) is 9.41. The van der Waals surface area contributed by atoms with E-state index in [1.807, 2.05) is 34.3 Å². The summed E-state index contributed by atoms with van der Waals surface area (Å²) in [6, 6.07) is 24.0. The molecule has 0 spiro atoms. The van der Waals surface area contributed by atoms with Gasteiger partial charge in [-0.05, 0) is 97.4 Å². The van der Waals surface area contributed by atoms with Crippen molar-refractivity contribution in [2.45, 2.75) is 62.7 Å². The van der Waals surface area contributed by atoms with Crippen molar-refractivity contribution in [1.29, 1.82) is 0 Å². The number of amides is 4. The Morgan fingerprint density at radius 3 is 1.49 bits per heavy atom. The largest absolute Gasteiger partial charge is 0.336 e. The third-order valence-electron chi connectivity index (χ3n) is 12.0. The van der Waals surface area contributed by atoms with Gasteiger partial charge in [-0.2, -0.15) is 0 Å². The highest BCUT2D eigenvalue weighted by atomic mass is 32.1. The number of carbonyl (C=O) groups excluding carboxylic acids is 4. The minimum Gasteiger partial charge on any atom is -0.336 e. The van der Waals surface area contributed by atoms with Crippen molar-refractivity contribution in [1.82, 2.24) is 35.7 Å². The molecule has 4 saturated heterocycles. The number of hydrogen-bond acceptors (Lipinski definition) is 13. The van der Waals surface area contributed by atoms with E-state index in [-0.39, 0.29) is 47.5 Å². The number of anilines is 2. The minimum absolute atomic E-state index is 0.00419. The summed E-state index contributed by atoms with van der Waals surface area (Å²) in [6.45, 7) is 5.69. The first-order valence-electron chi connectivity index (χ1n) is 21.5. The van der Waals surface area contributed by atoms with Gasteiger partial charge in [0.05, 0.1) is 51.6 Å². The average molecular weight is 918 g/mol. The van der Waals surface area contributed by atoms with Crippen molar-refractivity contribution in [2.75, 3.05) is 49.9 Å². The molecule has 0 unspecified atom stereocenters. The lowest BCUT2D eigenvalue weighted by Crippen LogP contribution is -2.48. The summed E-state index contributed by atoms with van der Waals surface area (Å²) in [5.74, 6) is 0.343. The standard InChI is InChI=1S/C46H47N9O4S4/c56-41(33-9-3-15-48-33)52-39-13-11-35(60-39)45(58)54-23-31(24-54)43-50-21-37(62-43)29-7-1-5-27(17-29)19-47-20-28-6-2-8-30(18-28)38-22-51-44(63-38)32-25-55(26-32)46(59)36-12-14-40(61-36)53-42(57)34-10-4-16-49-34/h1-2,5-8,11-14,17-18,21-22,31-34,47-49H,3-4,9-10,15-16,19-20,23-26H2,(H,52,56)(H,53,57)/t33-,34-/m0/s1. The van der Waals surface area contributed by atoms with Gasteiger partial charge >= 0.3 is 0 Å². The summed E-state index contributed by atoms with van der Waals surface area (Å²) in [4.78, 5) is 68.1. The number of aromatic nitrogens is 2. The Hall–Kier alpha value is -5.14. The van der Waals surface area contributed by atoms with Crippen LogP contribution in [0.1, 0.15) is 78.0 Å². The molecule has 13 nitrogen and oxygen atoms in total. The highest BCUT2D eigenvalue weighted by Crippen LogP contribution is 2.38. The molecule has 5 N–H and O–H groups in total. The number of thiazole rings is 2. The average Bonchev–Trinajstić information content (AvgIpc) is 4.12. The van der Waals surface area contributed by atoms with Crippen LogP contribution in [0.3, 0.4) is 0 Å². The fourth-order valence-corrected chi connectivity index (χ4v) is 12.2. The van der Waals surface area contributed by atoms with E-state index in [9.17, 15) is 19.2 Å². The zero-order valence-corrected chi connectivity index (χ0v) is 37.7. The predicted molar refractivity (Wildman–Crippen MR) is 251 cm³/mol. The van der Waals surface area contributed by atoms with Gasteiger partial charge in [0.25, 0.3) is 11.8 Å². The second kappa shape index (κ2) is 18.5. The van der Waals surface area contributed by atoms with Crippen LogP contribution in [-0.4, -0.2) is 94.7 Å². The number of thiophene rings is 2. The van der Waals surface area contributed by atoms with Crippen LogP contribution in [-0.2, 0) is 22.7 Å². The van der Waals surface area contributed by atoms with Crippen LogP contribution < -0.4 is 26.6 Å². The van der Waals surface area contributed by atoms with Crippen molar-refractivity contribution in [3.05, 3.63) is 116 Å². The molecule has 0 saturated carbocycles. The van der Waals surface area contributed by atoms with Gasteiger partial charge in [-0.25, -0.2) is 9.97 Å². The van der Waals surface area contributed by atoms with Crippen LogP contribution in [0.2, 0.25) is 0 Å². The number of nitrogens with zero attached hydrogens (tertiary/aromatic N) is 4. The highest BCUT2D eigenvalue weighted by molar-refractivity contribution is 7.18. The predicted octanol–water partition coefficient (Wildman–Crippen LogP) is 7.21. The normalized spacial score (nSPS) is 18.9. The van der Waals surface area contributed by atoms with Crippen LogP contribution in [0, 0.1) is 0 Å². The van der Waals surface area contributed by atoms with Crippen LogP contribution in [0.25, 0.3) is 20.9 Å². The van der Waals surface area contributed by atoms with E-state index in [4.69, 9.17) is 9.97 Å². The molecule has 63 heavy (non-hydrogen) atoms. The van der Waals surface area contributed by atoms with Gasteiger partial charge in [-0.1, -0.05) is 36.4 Å². The molecule has 4 aliphatic rings. The van der Waals surface area contributed by atoms with E-state index in [0.717, 1.165) is 82.8 Å². The SMILES string of the molecule is O=C(Nc1ccc(C(=O)N2CC(c3ncc(-c4cccc(CNCc5cccc(-c6cnc(C7CN(C(=O)c8ccc(NC(=O)[C@@H]9CCCN9)s8)C7)s6)c5)c4)s3)C2)s1)[C@@H]1CCCN1. The van der Waals surface area contributed by atoms with Gasteiger partial charge in [0.2, 0.25) is 11.8 Å². The number of hydrogen-bond donors (Lipinski definition) is 5. The van der Waals surface area contributed by atoms with Gasteiger partial charge in [0, 0.05) is 63.5 Å². The maximum atomic E-state index is 13.2. The minimum atomic E-state index is -0.158. The Labute approximate surface area is 381 Å². The molecule has 6 aromatic rings. The summed E-state index contributed by atoms with van der Waals surface area (Å²) >= 11 is 6.04. The van der Waals surface area contributed by atoms with Crippen LogP contribution >= 0.6 is 45.3 Å². The molecule has 4 fully saturated rings. The van der Waals surface area contributed by atoms with Gasteiger partial charge in [-0.3, -0.25) is 19.2 Å². The van der Waals surface area contributed by atoms with Crippen molar-refractivity contribution in [3.63, 3.8) is 0 Å². The van der Waals surface area contributed by atoms with Crippen LogP contribution in [0.15, 0.2) is 85.2 Å². The number of carbonyl (C=O) groups is 4. The number of benzene rings is 2. The molecular formula is C46H47N9O4S4. The van der Waals surface area contributed by atoms with E-state index < -0.39 is 0 Å². The molecule has 0 radical (unpaired) electrons. The molecule has 4 aromatic heterocycles. The molecule has 0 aliphatic carbocycles. The molecular weight excluding hydrogens is 871 g/mol. The zero-order chi connectivity index (χ0) is 42.9. The molecule has 10 rings (SSSR count). The molecule has 2 atom stereocenters. The maximum Gasteiger partial charge on any atom is 0.264 e. The van der Waals surface area contributed by atoms with Crippen molar-refractivity contribution in [3.8, 4) is 20.9 Å². The summed E-state index contributed by atoms with van der Waals surface area (Å²) in [6.07, 6.45) is 7.57. The van der Waals surface area contributed by atoms with Gasteiger partial charge in [-0.15, -0.1) is 45.3 Å². The topological polar surface area (TPSA) is 161 Å². The van der Waals surface area contributed by atoms with Crippen LogP contribution in [0.4, 0.5) is 10.0 Å². The Balaban J connectivity index is 0.673. The quantitative estimate of drug-likeness (QED) is 0.0762. The third-order valence-corrected chi connectivity index (χ3v) is 16.4. The van der Waals surface area contributed by atoms with E-state index >= 15 is 0 Å². The molecule has 4 aliphatic heterocycles. The Bertz CT molecular complexity index is 2450. The van der Waals surface area contributed by atoms with E-state index in [2.05, 4.69) is 75.1 Å². The van der Waals surface area contributed by atoms with Crippen molar-refractivity contribution >= 4 is 79.0 Å². The Kier molecular flexibility index (Phi) is 12.3. The first-order valence-corrected chi connectivity index (χ1v) is 24.7. The second-order valence-electron chi connectivity index (χ2n) is 16.5. The van der Waals surface area contributed by atoms with E-state index in [1.54, 1.807) is 34.8 Å². The lowest BCUT2D eigenvalue weighted by atomic mass is 10.0. The summed E-state index contributed by atoms with van der Waals surface area (Å²) < 4.78 is 0. The molecule has 8 heterocycles. The Morgan fingerprint density at radius 1 is 0.603 bits per heavy atom. The van der Waals surface area contributed by atoms with Crippen molar-refractivity contribution in [2.24, 2.45) is 0 Å². The molecule has 0 bridgehead atoms. The smallest absolute Gasteiger partial charge is 0.264 e. The lowest BCUT2D eigenvalue weighted by Gasteiger charge is -2.37. The zero-order valence-electron chi connectivity index (χ0n) is 34.4. The molecule has 4 amide bonds. The fourth-order valence-electron chi connectivity index (χ4n) is 8.43. The number of rotatable bonds is 14. The van der Waals surface area contributed by atoms with Crippen LogP contribution in [0.5, 0.6) is 0 Å². The summed E-state index contributed by atoms with van der Waals surface area (Å²) in [7, 11) is 0. The van der Waals surface area contributed by atoms with Gasteiger partial charge in [0.1, 0.15) is 0 Å². The fraction of sp³-hybridized carbons (Fsp3) is 0.348. The Morgan fingerprint density at radius 2 is 1.06 bits per heavy atom. The highest BCUT2D eigenvalue weighted by Gasteiger charge is 2.36. The van der Waals surface area contributed by atoms with Crippen molar-refractivity contribution < 1.29 is 19.2 Å². The number of likely N-dealkylation sites (tertiary alicyclic amines) is 2. The first kappa shape index (κ1) is 41.8. The summed E-state index contributed by atoms with van der Waals surface area (Å²) in [5, 5.41) is 19.4. The molecule has 17 heteroatoms. The van der Waals surface area contributed by atoms with Gasteiger partial charge < -0.3 is 36.4 Å². The monoisotopic (exact) mass is 917 g/mol. The number of nitrogens with one attached hydrogen (secondary N) is 5. The molecule has 324 valence electrons.